The first-order chi connectivity index (χ1) is 18.4. The van der Waals surface area contributed by atoms with E-state index in [2.05, 4.69) is 4.98 Å². The van der Waals surface area contributed by atoms with Gasteiger partial charge in [-0.15, -0.1) is 0 Å². The van der Waals surface area contributed by atoms with Crippen molar-refractivity contribution in [1.82, 2.24) is 14.5 Å². The van der Waals surface area contributed by atoms with Gasteiger partial charge in [-0.05, 0) is 68.9 Å². The number of amides is 1. The van der Waals surface area contributed by atoms with Crippen molar-refractivity contribution in [1.29, 1.82) is 0 Å². The number of anilines is 1. The van der Waals surface area contributed by atoms with Gasteiger partial charge < -0.3 is 23.9 Å². The molecule has 4 aromatic rings. The number of hydrogen-bond acceptors (Lipinski definition) is 7. The van der Waals surface area contributed by atoms with Crippen LogP contribution in [0, 0.1) is 5.92 Å². The Hall–Kier alpha value is -3.92. The lowest BCUT2D eigenvalue weighted by Crippen LogP contribution is -2.42. The third kappa shape index (κ3) is 3.91. The minimum atomic E-state index is -1.07. The second-order valence-corrected chi connectivity index (χ2v) is 10.3. The quantitative estimate of drug-likeness (QED) is 0.387. The number of carboxylic acids is 1. The average Bonchev–Trinajstić information content (AvgIpc) is 3.56. The highest BCUT2D eigenvalue weighted by atomic mass is 16.5. The largest absolute Gasteiger partial charge is 0.481 e. The Bertz CT molecular complexity index is 1540. The summed E-state index contributed by atoms with van der Waals surface area (Å²) in [6.45, 7) is 1.99. The van der Waals surface area contributed by atoms with Crippen LogP contribution in [0.1, 0.15) is 68.1 Å². The van der Waals surface area contributed by atoms with Gasteiger partial charge in [-0.3, -0.25) is 9.69 Å². The monoisotopic (exact) mass is 518 g/mol. The van der Waals surface area contributed by atoms with Crippen LogP contribution in [0.4, 0.5) is 10.5 Å². The number of ether oxygens (including phenoxy) is 1. The lowest BCUT2D eigenvalue weighted by molar-refractivity contribution is -0.143. The van der Waals surface area contributed by atoms with Crippen LogP contribution in [0.15, 0.2) is 41.1 Å². The summed E-state index contributed by atoms with van der Waals surface area (Å²) in [4.78, 5) is 35.4. The Balaban J connectivity index is 1.53. The smallest absolute Gasteiger partial charge is 0.414 e. The highest BCUT2D eigenvalue weighted by Gasteiger charge is 2.35. The second-order valence-electron chi connectivity index (χ2n) is 10.3. The van der Waals surface area contributed by atoms with Crippen molar-refractivity contribution < 1.29 is 29.0 Å². The lowest BCUT2D eigenvalue weighted by atomic mass is 9.85. The molecule has 10 nitrogen and oxygen atoms in total. The van der Waals surface area contributed by atoms with Crippen molar-refractivity contribution in [2.75, 3.05) is 12.0 Å². The summed E-state index contributed by atoms with van der Waals surface area (Å²) >= 11 is 0. The molecule has 1 aliphatic carbocycles. The van der Waals surface area contributed by atoms with E-state index in [1.54, 1.807) is 23.1 Å². The van der Waals surface area contributed by atoms with Crippen molar-refractivity contribution in [2.24, 2.45) is 5.92 Å². The number of carbonyl (C=O) groups is 2. The van der Waals surface area contributed by atoms with Crippen molar-refractivity contribution in [3.05, 3.63) is 53.7 Å². The first-order valence-corrected chi connectivity index (χ1v) is 13.0. The lowest BCUT2D eigenvalue weighted by Gasteiger charge is -2.34. The van der Waals surface area contributed by atoms with Crippen LogP contribution in [-0.4, -0.2) is 50.0 Å². The van der Waals surface area contributed by atoms with E-state index in [1.165, 1.54) is 13.5 Å². The molecule has 2 N–H and O–H groups in total. The number of hydrogen-bond donors (Lipinski definition) is 2. The zero-order valence-electron chi connectivity index (χ0n) is 21.3. The van der Waals surface area contributed by atoms with Gasteiger partial charge in [0.25, 0.3) is 0 Å². The van der Waals surface area contributed by atoms with Crippen LogP contribution in [0.3, 0.4) is 0 Å². The average molecular weight is 519 g/mol. The molecule has 38 heavy (non-hydrogen) atoms. The highest BCUT2D eigenvalue weighted by molar-refractivity contribution is 5.95. The molecule has 4 atom stereocenters. The van der Waals surface area contributed by atoms with Gasteiger partial charge in [0, 0.05) is 17.6 Å². The number of fused-ring (bicyclic) bond motifs is 4. The van der Waals surface area contributed by atoms with Crippen LogP contribution in [-0.2, 0) is 16.0 Å². The molecular weight excluding hydrogens is 488 g/mol. The minimum Gasteiger partial charge on any atom is -0.481 e. The summed E-state index contributed by atoms with van der Waals surface area (Å²) < 4.78 is 12.5. The van der Waals surface area contributed by atoms with E-state index in [-0.39, 0.29) is 12.1 Å². The maximum Gasteiger partial charge on any atom is 0.414 e. The molecular formula is C28H30N4O6. The summed E-state index contributed by atoms with van der Waals surface area (Å²) in [5.41, 5.74) is 5.10. The number of aromatic nitrogens is 3. The van der Waals surface area contributed by atoms with E-state index >= 15 is 0 Å². The molecule has 1 fully saturated rings. The van der Waals surface area contributed by atoms with Gasteiger partial charge in [0.15, 0.2) is 12.0 Å². The van der Waals surface area contributed by atoms with Crippen molar-refractivity contribution in [3.8, 4) is 0 Å². The molecule has 1 amide bonds. The number of methoxy groups -OCH3 is 1. The molecule has 6 rings (SSSR count). The summed E-state index contributed by atoms with van der Waals surface area (Å²) in [5.74, 6) is -0.788. The van der Waals surface area contributed by atoms with Gasteiger partial charge in [0.05, 0.1) is 29.7 Å². The number of aliphatic hydroxyl groups is 1. The van der Waals surface area contributed by atoms with Crippen molar-refractivity contribution >= 4 is 39.9 Å². The number of rotatable bonds is 4. The fraction of sp³-hybridized carbons (Fsp3) is 0.429. The van der Waals surface area contributed by atoms with Gasteiger partial charge in [-0.1, -0.05) is 12.5 Å². The fourth-order valence-corrected chi connectivity index (χ4v) is 6.19. The topological polar surface area (TPSA) is 131 Å². The van der Waals surface area contributed by atoms with E-state index in [9.17, 15) is 19.8 Å². The van der Waals surface area contributed by atoms with E-state index in [0.29, 0.717) is 35.3 Å². The third-order valence-electron chi connectivity index (χ3n) is 8.13. The van der Waals surface area contributed by atoms with Crippen molar-refractivity contribution in [3.63, 3.8) is 0 Å². The number of aryl methyl sites for hydroxylation is 1. The zero-order valence-corrected chi connectivity index (χ0v) is 21.3. The first-order valence-electron chi connectivity index (χ1n) is 13.0. The van der Waals surface area contributed by atoms with Crippen molar-refractivity contribution in [2.45, 2.75) is 63.6 Å². The van der Waals surface area contributed by atoms with E-state index < -0.39 is 24.1 Å². The van der Waals surface area contributed by atoms with E-state index in [1.807, 2.05) is 23.6 Å². The summed E-state index contributed by atoms with van der Waals surface area (Å²) in [6.07, 6.45) is 4.02. The normalized spacial score (nSPS) is 22.4. The molecule has 2 aromatic carbocycles. The minimum absolute atomic E-state index is 0.0246. The highest BCUT2D eigenvalue weighted by Crippen LogP contribution is 2.42. The van der Waals surface area contributed by atoms with Gasteiger partial charge in [0.1, 0.15) is 17.4 Å². The van der Waals surface area contributed by atoms with Gasteiger partial charge in [-0.25, -0.2) is 14.8 Å². The molecule has 1 saturated carbocycles. The fourth-order valence-electron chi connectivity index (χ4n) is 6.19. The SMILES string of the molecule is COC(=O)N1c2ccc3c(nc(C(O)c4ccc5ocnc5c4)n3C3CCCC(C(=O)O)C3)c2CC[C@@H]1C. The number of carbonyl (C=O) groups excluding carboxylic acids is 1. The second kappa shape index (κ2) is 9.43. The number of aliphatic carboxylic acids is 1. The number of carboxylic acid groups (broad SMARTS) is 1. The van der Waals surface area contributed by atoms with Crippen LogP contribution >= 0.6 is 0 Å². The predicted molar refractivity (Wildman–Crippen MR) is 139 cm³/mol. The number of imidazole rings is 1. The zero-order chi connectivity index (χ0) is 26.6. The molecule has 0 saturated heterocycles. The first kappa shape index (κ1) is 24.4. The third-order valence-corrected chi connectivity index (χ3v) is 8.13. The number of oxazole rings is 1. The van der Waals surface area contributed by atoms with Crippen LogP contribution < -0.4 is 4.90 Å². The van der Waals surface area contributed by atoms with Gasteiger partial charge in [-0.2, -0.15) is 0 Å². The number of aliphatic hydroxyl groups excluding tert-OH is 1. The molecule has 0 spiro atoms. The number of nitrogens with zero attached hydrogens (tertiary/aromatic N) is 4. The maximum absolute atomic E-state index is 12.6. The number of benzene rings is 2. The Morgan fingerprint density at radius 1 is 1.18 bits per heavy atom. The molecule has 2 aliphatic rings. The molecule has 1 aliphatic heterocycles. The van der Waals surface area contributed by atoms with Crippen LogP contribution in [0.25, 0.3) is 22.1 Å². The molecule has 0 radical (unpaired) electrons. The molecule has 3 heterocycles. The molecule has 2 aromatic heterocycles. The molecule has 0 bridgehead atoms. The molecule has 198 valence electrons. The van der Waals surface area contributed by atoms with Crippen LogP contribution in [0.5, 0.6) is 0 Å². The van der Waals surface area contributed by atoms with Gasteiger partial charge in [0.2, 0.25) is 0 Å². The molecule has 10 heteroatoms. The summed E-state index contributed by atoms with van der Waals surface area (Å²) in [7, 11) is 1.37. The summed E-state index contributed by atoms with van der Waals surface area (Å²) in [6, 6.07) is 9.03. The van der Waals surface area contributed by atoms with Crippen LogP contribution in [0.2, 0.25) is 0 Å². The van der Waals surface area contributed by atoms with E-state index in [0.717, 1.165) is 48.0 Å². The Kier molecular flexibility index (Phi) is 6.06. The molecule has 3 unspecified atom stereocenters. The predicted octanol–water partition coefficient (Wildman–Crippen LogP) is 4.98. The van der Waals surface area contributed by atoms with E-state index in [4.69, 9.17) is 14.1 Å². The standard InChI is InChI=1S/C28H30N4O6/c1-15-6-8-19-21(31(15)28(36)37-2)9-10-22-24(19)30-26(32(22)18-5-3-4-17(12-18)27(34)35)25(33)16-7-11-23-20(13-16)29-14-38-23/h7,9-11,13-15,17-18,25,33H,3-6,8,12H2,1-2H3,(H,34,35)/t15-,17?,18?,25?/m0/s1. The van der Waals surface area contributed by atoms with Gasteiger partial charge >= 0.3 is 12.1 Å². The maximum atomic E-state index is 12.6. The summed E-state index contributed by atoms with van der Waals surface area (Å²) in [5, 5.41) is 21.4. The Morgan fingerprint density at radius 2 is 2.03 bits per heavy atom. The Labute approximate surface area is 218 Å². The Morgan fingerprint density at radius 3 is 2.82 bits per heavy atom.